The van der Waals surface area contributed by atoms with Gasteiger partial charge < -0.3 is 15.8 Å². The van der Waals surface area contributed by atoms with Crippen molar-refractivity contribution >= 4 is 11.8 Å². The Hall–Kier alpha value is -1.89. The van der Waals surface area contributed by atoms with Crippen LogP contribution in [0.2, 0.25) is 0 Å². The van der Waals surface area contributed by atoms with Crippen molar-refractivity contribution in [3.8, 4) is 5.75 Å². The number of carbonyl (C=O) groups excluding carboxylic acids is 1. The lowest BCUT2D eigenvalue weighted by atomic mass is 9.49. The maximum atomic E-state index is 12.3. The maximum absolute atomic E-state index is 12.3. The zero-order valence-corrected chi connectivity index (χ0v) is 14.0. The van der Waals surface area contributed by atoms with Crippen LogP contribution in [0.4, 0.5) is 10.6 Å². The number of amides is 2. The van der Waals surface area contributed by atoms with E-state index in [4.69, 9.17) is 10.5 Å². The Kier molecular flexibility index (Phi) is 3.83. The highest BCUT2D eigenvalue weighted by molar-refractivity contribution is 5.89. The summed E-state index contributed by atoms with van der Waals surface area (Å²) in [5.41, 5.74) is 6.53. The molecule has 0 unspecified atom stereocenters. The molecule has 4 N–H and O–H groups in total. The van der Waals surface area contributed by atoms with Gasteiger partial charge in [0.2, 0.25) is 0 Å². The Balaban J connectivity index is 1.39. The molecule has 0 atom stereocenters. The van der Waals surface area contributed by atoms with Crippen LogP contribution in [-0.4, -0.2) is 35.2 Å². The lowest BCUT2D eigenvalue weighted by molar-refractivity contribution is -0.0528. The first-order valence-corrected chi connectivity index (χ1v) is 8.76. The monoisotopic (exact) mass is 331 g/mol. The zero-order valence-electron chi connectivity index (χ0n) is 14.0. The topological polar surface area (TPSA) is 102 Å². The van der Waals surface area contributed by atoms with Crippen molar-refractivity contribution in [1.29, 1.82) is 0 Å². The van der Waals surface area contributed by atoms with Crippen molar-refractivity contribution in [3.63, 3.8) is 0 Å². The molecule has 24 heavy (non-hydrogen) atoms. The Morgan fingerprint density at radius 3 is 2.58 bits per heavy atom. The van der Waals surface area contributed by atoms with Crippen LogP contribution in [-0.2, 0) is 0 Å². The van der Waals surface area contributed by atoms with Crippen LogP contribution in [0.25, 0.3) is 0 Å². The number of hydrogen-bond donors (Lipinski definition) is 3. The van der Waals surface area contributed by atoms with Gasteiger partial charge in [0.15, 0.2) is 11.6 Å². The molecule has 4 aliphatic carbocycles. The molecule has 0 aromatic carbocycles. The van der Waals surface area contributed by atoms with Gasteiger partial charge in [-0.1, -0.05) is 0 Å². The predicted molar refractivity (Wildman–Crippen MR) is 89.6 cm³/mol. The smallest absolute Gasteiger partial charge is 0.320 e. The van der Waals surface area contributed by atoms with Gasteiger partial charge in [-0.3, -0.25) is 5.32 Å². The van der Waals surface area contributed by atoms with E-state index in [1.165, 1.54) is 51.7 Å². The van der Waals surface area contributed by atoms with Crippen molar-refractivity contribution < 1.29 is 9.53 Å². The number of ether oxygens (including phenoxy) is 1. The minimum Gasteiger partial charge on any atom is -0.491 e. The molecule has 0 radical (unpaired) electrons. The molecular weight excluding hydrogens is 306 g/mol. The second kappa shape index (κ2) is 5.88. The summed E-state index contributed by atoms with van der Waals surface area (Å²) in [6.07, 6.45) is 9.20. The molecule has 5 rings (SSSR count). The van der Waals surface area contributed by atoms with Gasteiger partial charge in [0, 0.05) is 12.1 Å². The number of nitrogens with two attached hydrogens (primary N) is 1. The molecule has 4 saturated carbocycles. The number of methoxy groups -OCH3 is 1. The molecule has 1 aromatic rings. The molecule has 7 heteroatoms. The molecule has 0 spiro atoms. The number of nitrogens with one attached hydrogen (secondary N) is 2. The molecule has 0 aliphatic heterocycles. The molecule has 130 valence electrons. The van der Waals surface area contributed by atoms with Crippen molar-refractivity contribution in [2.45, 2.75) is 37.6 Å². The Bertz CT molecular complexity index is 607. The van der Waals surface area contributed by atoms with Crippen LogP contribution >= 0.6 is 0 Å². The van der Waals surface area contributed by atoms with E-state index in [2.05, 4.69) is 20.6 Å². The van der Waals surface area contributed by atoms with Gasteiger partial charge in [0.05, 0.1) is 13.3 Å². The van der Waals surface area contributed by atoms with Crippen molar-refractivity contribution in [1.82, 2.24) is 15.3 Å². The number of rotatable bonds is 4. The summed E-state index contributed by atoms with van der Waals surface area (Å²) in [6.45, 7) is 0.515. The van der Waals surface area contributed by atoms with Crippen LogP contribution < -0.4 is 21.1 Å². The zero-order chi connectivity index (χ0) is 16.7. The van der Waals surface area contributed by atoms with Gasteiger partial charge in [0.1, 0.15) is 6.33 Å². The fraction of sp³-hybridized carbons (Fsp3) is 0.706. The third-order valence-corrected chi connectivity index (χ3v) is 6.34. The van der Waals surface area contributed by atoms with Crippen LogP contribution in [0.5, 0.6) is 5.75 Å². The van der Waals surface area contributed by atoms with Crippen molar-refractivity contribution in [2.75, 3.05) is 19.0 Å². The minimum atomic E-state index is -0.300. The first-order valence-electron chi connectivity index (χ1n) is 8.76. The van der Waals surface area contributed by atoms with Gasteiger partial charge in [-0.25, -0.2) is 14.8 Å². The Morgan fingerprint density at radius 1 is 1.29 bits per heavy atom. The molecule has 4 bridgehead atoms. The molecule has 1 aromatic heterocycles. The highest BCUT2D eigenvalue weighted by Gasteiger charge is 2.55. The second-order valence-electron chi connectivity index (χ2n) is 7.66. The summed E-state index contributed by atoms with van der Waals surface area (Å²) in [5, 5.41) is 5.68. The molecule has 2 amide bonds. The van der Waals surface area contributed by atoms with Gasteiger partial charge in [-0.15, -0.1) is 0 Å². The fourth-order valence-corrected chi connectivity index (χ4v) is 5.30. The van der Waals surface area contributed by atoms with Gasteiger partial charge in [-0.05, 0) is 55.8 Å². The summed E-state index contributed by atoms with van der Waals surface area (Å²) < 4.78 is 5.15. The van der Waals surface area contributed by atoms with E-state index in [1.807, 2.05) is 0 Å². The number of hydrogen-bond acceptors (Lipinski definition) is 5. The van der Waals surface area contributed by atoms with Crippen LogP contribution in [0.1, 0.15) is 32.1 Å². The van der Waals surface area contributed by atoms with Gasteiger partial charge in [-0.2, -0.15) is 0 Å². The lowest BCUT2D eigenvalue weighted by Gasteiger charge is -2.59. The first-order chi connectivity index (χ1) is 11.6. The molecule has 1 heterocycles. The first kappa shape index (κ1) is 15.6. The predicted octanol–water partition coefficient (Wildman–Crippen LogP) is 1.76. The van der Waals surface area contributed by atoms with E-state index >= 15 is 0 Å². The van der Waals surface area contributed by atoms with Crippen LogP contribution in [0.3, 0.4) is 0 Å². The van der Waals surface area contributed by atoms with E-state index in [0.29, 0.717) is 29.9 Å². The van der Waals surface area contributed by atoms with Crippen LogP contribution in [0, 0.1) is 23.7 Å². The van der Waals surface area contributed by atoms with Crippen molar-refractivity contribution in [3.05, 3.63) is 12.5 Å². The molecule has 4 fully saturated rings. The Morgan fingerprint density at radius 2 is 1.96 bits per heavy atom. The average Bonchev–Trinajstić information content (AvgIpc) is 2.58. The second-order valence-corrected chi connectivity index (χ2v) is 7.66. The molecular formula is C17H25N5O2. The number of anilines is 1. The highest BCUT2D eigenvalue weighted by Crippen LogP contribution is 2.57. The quantitative estimate of drug-likeness (QED) is 0.780. The largest absolute Gasteiger partial charge is 0.491 e. The van der Waals surface area contributed by atoms with E-state index in [1.54, 1.807) is 0 Å². The Labute approximate surface area is 141 Å². The SMILES string of the molecule is COc1cncnc1NC(=O)NCC1(N)C2CC3CC(C2)CC1C3. The van der Waals surface area contributed by atoms with Crippen LogP contribution in [0.15, 0.2) is 12.5 Å². The standard InChI is InChI=1S/C17H25N5O2/c1-24-14-7-19-9-21-15(14)22-16(23)20-8-17(18)12-3-10-2-11(5-12)6-13(17)4-10/h7,9-13H,2-6,8,18H2,1H3,(H2,19,20,21,22,23). The maximum Gasteiger partial charge on any atom is 0.320 e. The number of urea groups is 1. The molecule has 0 saturated heterocycles. The summed E-state index contributed by atoms with van der Waals surface area (Å²) in [4.78, 5) is 20.2. The normalized spacial score (nSPS) is 36.4. The molecule has 4 aliphatic rings. The van der Waals surface area contributed by atoms with E-state index in [0.717, 1.165) is 11.8 Å². The molecule has 7 nitrogen and oxygen atoms in total. The van der Waals surface area contributed by atoms with Crippen molar-refractivity contribution in [2.24, 2.45) is 29.4 Å². The highest BCUT2D eigenvalue weighted by atomic mass is 16.5. The lowest BCUT2D eigenvalue weighted by Crippen LogP contribution is -2.67. The summed E-state index contributed by atoms with van der Waals surface area (Å²) in [7, 11) is 1.52. The summed E-state index contributed by atoms with van der Waals surface area (Å²) in [6, 6.07) is -0.300. The third kappa shape index (κ3) is 2.60. The fourth-order valence-electron chi connectivity index (χ4n) is 5.30. The number of aromatic nitrogens is 2. The third-order valence-electron chi connectivity index (χ3n) is 6.34. The van der Waals surface area contributed by atoms with Gasteiger partial charge in [0.25, 0.3) is 0 Å². The summed E-state index contributed by atoms with van der Waals surface area (Å²) in [5.74, 6) is 3.61. The van der Waals surface area contributed by atoms with Gasteiger partial charge >= 0.3 is 6.03 Å². The summed E-state index contributed by atoms with van der Waals surface area (Å²) >= 11 is 0. The number of nitrogens with zero attached hydrogens (tertiary/aromatic N) is 2. The van der Waals surface area contributed by atoms with E-state index < -0.39 is 0 Å². The van der Waals surface area contributed by atoms with E-state index in [-0.39, 0.29) is 11.6 Å². The average molecular weight is 331 g/mol. The number of carbonyl (C=O) groups is 1. The minimum absolute atomic E-state index is 0.263. The van der Waals surface area contributed by atoms with E-state index in [9.17, 15) is 4.79 Å².